The average molecular weight is 572 g/mol. The molecule has 1 aromatic carbocycles. The highest BCUT2D eigenvalue weighted by atomic mass is 127. The summed E-state index contributed by atoms with van der Waals surface area (Å²) in [5.74, 6) is 3.30. The molecule has 1 atom stereocenters. The molecule has 2 N–H and O–H groups in total. The van der Waals surface area contributed by atoms with Gasteiger partial charge >= 0.3 is 0 Å². The van der Waals surface area contributed by atoms with E-state index < -0.39 is 0 Å². The molecule has 1 aliphatic heterocycles. The van der Waals surface area contributed by atoms with Crippen LogP contribution in [0, 0.1) is 0 Å². The molecule has 2 aromatic rings. The Morgan fingerprint density at radius 2 is 1.91 bits per heavy atom. The summed E-state index contributed by atoms with van der Waals surface area (Å²) < 4.78 is 22.1. The number of nitrogens with one attached hydrogen (secondary N) is 2. The van der Waals surface area contributed by atoms with Gasteiger partial charge in [-0.2, -0.15) is 0 Å². The summed E-state index contributed by atoms with van der Waals surface area (Å²) in [5.41, 5.74) is 0. The number of furan rings is 1. The minimum absolute atomic E-state index is 0. The number of rotatable bonds is 12. The van der Waals surface area contributed by atoms with E-state index in [2.05, 4.69) is 15.5 Å². The van der Waals surface area contributed by atoms with Gasteiger partial charge in [0, 0.05) is 38.7 Å². The third-order valence-corrected chi connectivity index (χ3v) is 5.18. The second kappa shape index (κ2) is 15.8. The van der Waals surface area contributed by atoms with Gasteiger partial charge in [0.15, 0.2) is 5.96 Å². The standard InChI is InChI=1S/C24H36N4O4.HI/c1-20(32-23-7-3-6-22(18-23)29-2)19-27-24(26-11-9-21-8-4-15-31-21)25-10-5-12-28-13-16-30-17-14-28;/h3-4,6-8,15,18,20H,5,9-14,16-17,19H2,1-2H3,(H2,25,26,27);1H. The second-order valence-electron chi connectivity index (χ2n) is 7.79. The maximum absolute atomic E-state index is 6.00. The molecule has 8 nitrogen and oxygen atoms in total. The maximum Gasteiger partial charge on any atom is 0.191 e. The van der Waals surface area contributed by atoms with Crippen LogP contribution in [0.4, 0.5) is 0 Å². The molecule has 184 valence electrons. The van der Waals surface area contributed by atoms with Crippen molar-refractivity contribution in [2.75, 3.05) is 59.6 Å². The first-order valence-electron chi connectivity index (χ1n) is 11.4. The Kier molecular flexibility index (Phi) is 13.0. The number of halogens is 1. The summed E-state index contributed by atoms with van der Waals surface area (Å²) in [6, 6.07) is 11.5. The Morgan fingerprint density at radius 3 is 2.67 bits per heavy atom. The maximum atomic E-state index is 6.00. The van der Waals surface area contributed by atoms with Gasteiger partial charge in [-0.3, -0.25) is 4.90 Å². The Bertz CT molecular complexity index is 798. The predicted molar refractivity (Wildman–Crippen MR) is 141 cm³/mol. The summed E-state index contributed by atoms with van der Waals surface area (Å²) >= 11 is 0. The lowest BCUT2D eigenvalue weighted by molar-refractivity contribution is 0.0376. The number of morpholine rings is 1. The van der Waals surface area contributed by atoms with Gasteiger partial charge in [-0.15, -0.1) is 24.0 Å². The van der Waals surface area contributed by atoms with Crippen molar-refractivity contribution in [1.82, 2.24) is 15.5 Å². The van der Waals surface area contributed by atoms with Crippen LogP contribution in [-0.4, -0.2) is 76.6 Å². The van der Waals surface area contributed by atoms with E-state index in [9.17, 15) is 0 Å². The lowest BCUT2D eigenvalue weighted by atomic mass is 10.3. The molecular weight excluding hydrogens is 535 g/mol. The van der Waals surface area contributed by atoms with Gasteiger partial charge in [0.2, 0.25) is 0 Å². The van der Waals surface area contributed by atoms with E-state index in [-0.39, 0.29) is 30.1 Å². The van der Waals surface area contributed by atoms with Gasteiger partial charge < -0.3 is 29.3 Å². The predicted octanol–water partition coefficient (Wildman–Crippen LogP) is 3.17. The van der Waals surface area contributed by atoms with Crippen molar-refractivity contribution in [3.05, 3.63) is 48.4 Å². The fourth-order valence-corrected chi connectivity index (χ4v) is 3.43. The quantitative estimate of drug-likeness (QED) is 0.175. The number of ether oxygens (including phenoxy) is 3. The first-order valence-corrected chi connectivity index (χ1v) is 11.4. The van der Waals surface area contributed by atoms with Crippen LogP contribution in [0.1, 0.15) is 19.1 Å². The van der Waals surface area contributed by atoms with Crippen LogP contribution in [-0.2, 0) is 11.2 Å². The highest BCUT2D eigenvalue weighted by Crippen LogP contribution is 2.19. The van der Waals surface area contributed by atoms with Crippen molar-refractivity contribution >= 4 is 29.9 Å². The van der Waals surface area contributed by atoms with E-state index in [0.29, 0.717) is 6.54 Å². The molecule has 0 aliphatic carbocycles. The van der Waals surface area contributed by atoms with Crippen LogP contribution in [0.3, 0.4) is 0 Å². The van der Waals surface area contributed by atoms with Crippen molar-refractivity contribution in [2.24, 2.45) is 4.99 Å². The van der Waals surface area contributed by atoms with Crippen molar-refractivity contribution in [2.45, 2.75) is 25.9 Å². The van der Waals surface area contributed by atoms with Crippen LogP contribution >= 0.6 is 24.0 Å². The fourth-order valence-electron chi connectivity index (χ4n) is 3.43. The van der Waals surface area contributed by atoms with Crippen LogP contribution in [0.2, 0.25) is 0 Å². The molecule has 1 saturated heterocycles. The van der Waals surface area contributed by atoms with Crippen molar-refractivity contribution in [1.29, 1.82) is 0 Å². The molecule has 1 aliphatic rings. The minimum Gasteiger partial charge on any atom is -0.497 e. The zero-order valence-electron chi connectivity index (χ0n) is 19.6. The van der Waals surface area contributed by atoms with Crippen LogP contribution in [0.25, 0.3) is 0 Å². The topological polar surface area (TPSA) is 80.5 Å². The van der Waals surface area contributed by atoms with E-state index in [1.807, 2.05) is 43.3 Å². The summed E-state index contributed by atoms with van der Waals surface area (Å²) in [4.78, 5) is 7.18. The zero-order chi connectivity index (χ0) is 22.4. The van der Waals surface area contributed by atoms with E-state index >= 15 is 0 Å². The van der Waals surface area contributed by atoms with E-state index in [1.54, 1.807) is 13.4 Å². The van der Waals surface area contributed by atoms with E-state index in [4.69, 9.17) is 23.6 Å². The van der Waals surface area contributed by atoms with E-state index in [1.165, 1.54) is 0 Å². The first kappa shape index (κ1) is 27.3. The van der Waals surface area contributed by atoms with Crippen LogP contribution in [0.15, 0.2) is 52.1 Å². The van der Waals surface area contributed by atoms with Gasteiger partial charge in [-0.05, 0) is 44.2 Å². The molecular formula is C24H37IN4O4. The van der Waals surface area contributed by atoms with Gasteiger partial charge in [0.1, 0.15) is 23.4 Å². The molecule has 3 rings (SSSR count). The summed E-state index contributed by atoms with van der Waals surface area (Å²) in [6.07, 6.45) is 3.48. The van der Waals surface area contributed by atoms with Crippen molar-refractivity contribution < 1.29 is 18.6 Å². The normalized spacial score (nSPS) is 15.4. The number of aliphatic imine (C=N–C) groups is 1. The third-order valence-electron chi connectivity index (χ3n) is 5.18. The first-order chi connectivity index (χ1) is 15.7. The van der Waals surface area contributed by atoms with Crippen molar-refractivity contribution in [3.8, 4) is 11.5 Å². The van der Waals surface area contributed by atoms with Gasteiger partial charge in [-0.1, -0.05) is 6.07 Å². The molecule has 9 heteroatoms. The Labute approximate surface area is 214 Å². The Hall–Kier alpha value is -1.98. The summed E-state index contributed by atoms with van der Waals surface area (Å²) in [5, 5.41) is 6.86. The smallest absolute Gasteiger partial charge is 0.191 e. The molecule has 0 amide bonds. The molecule has 33 heavy (non-hydrogen) atoms. The number of methoxy groups -OCH3 is 1. The summed E-state index contributed by atoms with van der Waals surface area (Å²) in [7, 11) is 1.65. The number of benzene rings is 1. The van der Waals surface area contributed by atoms with Crippen molar-refractivity contribution in [3.63, 3.8) is 0 Å². The summed E-state index contributed by atoms with van der Waals surface area (Å²) in [6.45, 7) is 8.91. The molecule has 1 aromatic heterocycles. The highest BCUT2D eigenvalue weighted by Gasteiger charge is 2.10. The molecule has 0 spiro atoms. The number of nitrogens with zero attached hydrogens (tertiary/aromatic N) is 2. The van der Waals surface area contributed by atoms with Crippen LogP contribution in [0.5, 0.6) is 11.5 Å². The van der Waals surface area contributed by atoms with Crippen LogP contribution < -0.4 is 20.1 Å². The van der Waals surface area contributed by atoms with Gasteiger partial charge in [0.25, 0.3) is 0 Å². The molecule has 0 radical (unpaired) electrons. The Balaban J connectivity index is 0.00000385. The Morgan fingerprint density at radius 1 is 1.12 bits per heavy atom. The largest absolute Gasteiger partial charge is 0.497 e. The molecule has 1 unspecified atom stereocenters. The van der Waals surface area contributed by atoms with E-state index in [0.717, 1.165) is 82.0 Å². The molecule has 1 fully saturated rings. The highest BCUT2D eigenvalue weighted by molar-refractivity contribution is 14.0. The lowest BCUT2D eigenvalue weighted by Crippen LogP contribution is -2.41. The number of guanidine groups is 1. The second-order valence-corrected chi connectivity index (χ2v) is 7.79. The molecule has 2 heterocycles. The number of hydrogen-bond donors (Lipinski definition) is 2. The molecule has 0 saturated carbocycles. The number of hydrogen-bond acceptors (Lipinski definition) is 6. The lowest BCUT2D eigenvalue weighted by Gasteiger charge is -2.26. The third kappa shape index (κ3) is 10.7. The average Bonchev–Trinajstić information content (AvgIpc) is 3.34. The monoisotopic (exact) mass is 572 g/mol. The minimum atomic E-state index is -0.0703. The fraction of sp³-hybridized carbons (Fsp3) is 0.542. The van der Waals surface area contributed by atoms with Gasteiger partial charge in [-0.25, -0.2) is 4.99 Å². The zero-order valence-corrected chi connectivity index (χ0v) is 22.0. The van der Waals surface area contributed by atoms with Gasteiger partial charge in [0.05, 0.1) is 33.1 Å². The SMILES string of the molecule is COc1cccc(OC(C)CN=C(NCCCN2CCOCC2)NCCc2ccco2)c1.I. The molecule has 0 bridgehead atoms.